The minimum absolute atomic E-state index is 0.0832. The molecule has 1 aliphatic carbocycles. The van der Waals surface area contributed by atoms with Crippen LogP contribution in [0.25, 0.3) is 0 Å². The van der Waals surface area contributed by atoms with Crippen LogP contribution in [-0.4, -0.2) is 48.1 Å². The van der Waals surface area contributed by atoms with E-state index in [0.29, 0.717) is 12.4 Å². The predicted octanol–water partition coefficient (Wildman–Crippen LogP) is 2.14. The molecule has 4 rings (SSSR count). The Morgan fingerprint density at radius 3 is 2.83 bits per heavy atom. The number of nitrogens with one attached hydrogen (secondary N) is 3. The van der Waals surface area contributed by atoms with E-state index in [1.54, 1.807) is 0 Å². The normalized spacial score (nSPS) is 21.5. The van der Waals surface area contributed by atoms with E-state index >= 15 is 0 Å². The van der Waals surface area contributed by atoms with Gasteiger partial charge in [0.1, 0.15) is 0 Å². The van der Waals surface area contributed by atoms with E-state index in [4.69, 9.17) is 5.73 Å². The standard InChI is InChI=1S/C21H28FN7O/c1-13-11-14(5-6-18(13)29-9-7-24-8-10-29)26-21-25-12-16(22)20(28-21)27-17-4-2-3-15(17)19(23)30/h5-6,11-12,15,17,24H,2-4,7-10H2,1H3,(H2,23,30)(H2,25,26,27,28). The summed E-state index contributed by atoms with van der Waals surface area (Å²) in [4.78, 5) is 22.3. The summed E-state index contributed by atoms with van der Waals surface area (Å²) in [6.07, 6.45) is 3.48. The van der Waals surface area contributed by atoms with Crippen LogP contribution in [-0.2, 0) is 4.79 Å². The molecular weight excluding hydrogens is 385 g/mol. The van der Waals surface area contributed by atoms with E-state index < -0.39 is 5.82 Å². The average Bonchev–Trinajstić information content (AvgIpc) is 3.20. The monoisotopic (exact) mass is 413 g/mol. The number of piperazine rings is 1. The fraction of sp³-hybridized carbons (Fsp3) is 0.476. The maximum absolute atomic E-state index is 14.3. The molecule has 2 unspecified atom stereocenters. The Balaban J connectivity index is 1.48. The number of nitrogens with two attached hydrogens (primary N) is 1. The zero-order valence-electron chi connectivity index (χ0n) is 17.1. The molecular formula is C21H28FN7O. The fourth-order valence-electron chi connectivity index (χ4n) is 4.30. The Bertz CT molecular complexity index is 916. The largest absolute Gasteiger partial charge is 0.369 e. The number of aromatic nitrogens is 2. The second kappa shape index (κ2) is 8.83. The van der Waals surface area contributed by atoms with Crippen LogP contribution < -0.4 is 26.6 Å². The minimum Gasteiger partial charge on any atom is -0.369 e. The number of primary amides is 1. The lowest BCUT2D eigenvalue weighted by molar-refractivity contribution is -0.121. The van der Waals surface area contributed by atoms with Crippen LogP contribution in [0.2, 0.25) is 0 Å². The molecule has 2 fully saturated rings. The van der Waals surface area contributed by atoms with Gasteiger partial charge in [-0.1, -0.05) is 6.42 Å². The molecule has 5 N–H and O–H groups in total. The average molecular weight is 414 g/mol. The van der Waals surface area contributed by atoms with Gasteiger partial charge in [0.15, 0.2) is 11.6 Å². The second-order valence-electron chi connectivity index (χ2n) is 7.94. The molecule has 1 saturated carbocycles. The molecule has 0 spiro atoms. The summed E-state index contributed by atoms with van der Waals surface area (Å²) < 4.78 is 14.3. The van der Waals surface area contributed by atoms with Gasteiger partial charge in [0, 0.05) is 43.6 Å². The number of hydrogen-bond acceptors (Lipinski definition) is 7. The highest BCUT2D eigenvalue weighted by atomic mass is 19.1. The zero-order valence-corrected chi connectivity index (χ0v) is 17.1. The van der Waals surface area contributed by atoms with Crippen molar-refractivity contribution in [3.05, 3.63) is 35.8 Å². The first-order valence-electron chi connectivity index (χ1n) is 10.4. The molecule has 1 aromatic carbocycles. The van der Waals surface area contributed by atoms with Crippen molar-refractivity contribution < 1.29 is 9.18 Å². The smallest absolute Gasteiger partial charge is 0.229 e. The fourth-order valence-corrected chi connectivity index (χ4v) is 4.30. The Labute approximate surface area is 175 Å². The molecule has 160 valence electrons. The lowest BCUT2D eigenvalue weighted by atomic mass is 10.0. The molecule has 1 amide bonds. The molecule has 0 radical (unpaired) electrons. The molecule has 2 aromatic rings. The maximum Gasteiger partial charge on any atom is 0.229 e. The first kappa shape index (κ1) is 20.3. The third-order valence-corrected chi connectivity index (χ3v) is 5.86. The number of anilines is 4. The van der Waals surface area contributed by atoms with E-state index in [9.17, 15) is 9.18 Å². The van der Waals surface area contributed by atoms with Gasteiger partial charge in [-0.05, 0) is 43.5 Å². The number of carbonyl (C=O) groups excluding carboxylic acids is 1. The third-order valence-electron chi connectivity index (χ3n) is 5.86. The van der Waals surface area contributed by atoms with E-state index in [2.05, 4.69) is 43.8 Å². The van der Waals surface area contributed by atoms with Crippen molar-refractivity contribution in [3.63, 3.8) is 0 Å². The van der Waals surface area contributed by atoms with Crippen LogP contribution in [0.5, 0.6) is 0 Å². The molecule has 2 heterocycles. The van der Waals surface area contributed by atoms with E-state index in [1.165, 1.54) is 5.69 Å². The Morgan fingerprint density at radius 2 is 2.10 bits per heavy atom. The maximum atomic E-state index is 14.3. The number of amides is 1. The van der Waals surface area contributed by atoms with Crippen molar-refractivity contribution in [2.45, 2.75) is 32.2 Å². The Morgan fingerprint density at radius 1 is 1.30 bits per heavy atom. The van der Waals surface area contributed by atoms with Gasteiger partial charge in [0.25, 0.3) is 0 Å². The van der Waals surface area contributed by atoms with E-state index in [-0.39, 0.29) is 23.7 Å². The van der Waals surface area contributed by atoms with Crippen LogP contribution in [0.15, 0.2) is 24.4 Å². The summed E-state index contributed by atoms with van der Waals surface area (Å²) >= 11 is 0. The molecule has 0 bridgehead atoms. The second-order valence-corrected chi connectivity index (χ2v) is 7.94. The molecule has 1 aromatic heterocycles. The number of carbonyl (C=O) groups is 1. The first-order valence-corrected chi connectivity index (χ1v) is 10.4. The number of nitrogens with zero attached hydrogens (tertiary/aromatic N) is 3. The predicted molar refractivity (Wildman–Crippen MR) is 115 cm³/mol. The van der Waals surface area contributed by atoms with Gasteiger partial charge >= 0.3 is 0 Å². The van der Waals surface area contributed by atoms with Gasteiger partial charge in [0.2, 0.25) is 11.9 Å². The molecule has 1 aliphatic heterocycles. The van der Waals surface area contributed by atoms with Gasteiger partial charge in [-0.25, -0.2) is 9.37 Å². The lowest BCUT2D eigenvalue weighted by Gasteiger charge is -2.30. The van der Waals surface area contributed by atoms with Gasteiger partial charge in [-0.15, -0.1) is 0 Å². The number of halogens is 1. The van der Waals surface area contributed by atoms with Gasteiger partial charge in [-0.3, -0.25) is 4.79 Å². The van der Waals surface area contributed by atoms with Crippen LogP contribution in [0.1, 0.15) is 24.8 Å². The van der Waals surface area contributed by atoms with Crippen molar-refractivity contribution in [1.82, 2.24) is 15.3 Å². The van der Waals surface area contributed by atoms with Gasteiger partial charge < -0.3 is 26.6 Å². The highest BCUT2D eigenvalue weighted by molar-refractivity contribution is 5.78. The summed E-state index contributed by atoms with van der Waals surface area (Å²) in [7, 11) is 0. The molecule has 30 heavy (non-hydrogen) atoms. The van der Waals surface area contributed by atoms with E-state index in [1.807, 2.05) is 12.1 Å². The summed E-state index contributed by atoms with van der Waals surface area (Å²) in [5.41, 5.74) is 8.66. The molecule has 8 nitrogen and oxygen atoms in total. The van der Waals surface area contributed by atoms with Crippen molar-refractivity contribution in [2.75, 3.05) is 41.7 Å². The summed E-state index contributed by atoms with van der Waals surface area (Å²) in [5.74, 6) is -0.851. The van der Waals surface area contributed by atoms with Crippen LogP contribution in [0, 0.1) is 18.7 Å². The molecule has 1 saturated heterocycles. The number of rotatable bonds is 6. The van der Waals surface area contributed by atoms with Crippen LogP contribution in [0.3, 0.4) is 0 Å². The van der Waals surface area contributed by atoms with Crippen molar-refractivity contribution in [3.8, 4) is 0 Å². The van der Waals surface area contributed by atoms with E-state index in [0.717, 1.165) is 56.5 Å². The molecule has 2 atom stereocenters. The molecule has 9 heteroatoms. The minimum atomic E-state index is -0.555. The lowest BCUT2D eigenvalue weighted by Crippen LogP contribution is -2.43. The highest BCUT2D eigenvalue weighted by Crippen LogP contribution is 2.29. The topological polar surface area (TPSA) is 108 Å². The van der Waals surface area contributed by atoms with Crippen LogP contribution in [0.4, 0.5) is 27.5 Å². The summed E-state index contributed by atoms with van der Waals surface area (Å²) in [6, 6.07) is 5.89. The molecule has 2 aliphatic rings. The van der Waals surface area contributed by atoms with Gasteiger partial charge in [0.05, 0.1) is 12.1 Å². The number of aryl methyl sites for hydroxylation is 1. The zero-order chi connectivity index (χ0) is 21.1. The summed E-state index contributed by atoms with van der Waals surface area (Å²) in [5, 5.41) is 9.56. The quantitative estimate of drug-likeness (QED) is 0.575. The Kier molecular flexibility index (Phi) is 5.98. The Hall–Kier alpha value is -2.94. The number of hydrogen-bond donors (Lipinski definition) is 4. The van der Waals surface area contributed by atoms with Crippen molar-refractivity contribution in [1.29, 1.82) is 0 Å². The summed E-state index contributed by atoms with van der Waals surface area (Å²) in [6.45, 7) is 6.01. The van der Waals surface area contributed by atoms with Crippen LogP contribution >= 0.6 is 0 Å². The van der Waals surface area contributed by atoms with Crippen molar-refractivity contribution >= 4 is 29.0 Å². The number of benzene rings is 1. The highest BCUT2D eigenvalue weighted by Gasteiger charge is 2.32. The van der Waals surface area contributed by atoms with Gasteiger partial charge in [-0.2, -0.15) is 4.98 Å². The SMILES string of the molecule is Cc1cc(Nc2ncc(F)c(NC3CCCC3C(N)=O)n2)ccc1N1CCNCC1. The first-order chi connectivity index (χ1) is 14.5. The van der Waals surface area contributed by atoms with Crippen molar-refractivity contribution in [2.24, 2.45) is 11.7 Å². The third kappa shape index (κ3) is 4.46.